The zero-order valence-corrected chi connectivity index (χ0v) is 10.3. The topological polar surface area (TPSA) is 59.3 Å². The van der Waals surface area contributed by atoms with Crippen molar-refractivity contribution >= 4 is 5.97 Å². The molecule has 0 aromatic heterocycles. The molecule has 2 aromatic carbocycles. The Hall–Kier alpha value is -2.80. The summed E-state index contributed by atoms with van der Waals surface area (Å²) in [6, 6.07) is 15.2. The Kier molecular flexibility index (Phi) is 3.79. The van der Waals surface area contributed by atoms with Crippen LogP contribution in [0.25, 0.3) is 0 Å². The van der Waals surface area contributed by atoms with Crippen molar-refractivity contribution in [3.63, 3.8) is 0 Å². The summed E-state index contributed by atoms with van der Waals surface area (Å²) >= 11 is 0. The number of rotatable bonds is 3. The highest BCUT2D eigenvalue weighted by molar-refractivity contribution is 5.91. The van der Waals surface area contributed by atoms with Gasteiger partial charge < -0.3 is 9.47 Å². The molecule has 4 heteroatoms. The number of para-hydroxylation sites is 1. The number of nitrogens with zero attached hydrogens (tertiary/aromatic N) is 1. The normalized spacial score (nSPS) is 9.47. The van der Waals surface area contributed by atoms with Crippen molar-refractivity contribution in [3.05, 3.63) is 59.7 Å². The molecule has 4 nitrogen and oxygen atoms in total. The summed E-state index contributed by atoms with van der Waals surface area (Å²) in [6.45, 7) is 0. The lowest BCUT2D eigenvalue weighted by Gasteiger charge is -2.06. The molecular weight excluding hydrogens is 242 g/mol. The van der Waals surface area contributed by atoms with Crippen molar-refractivity contribution in [2.75, 3.05) is 7.11 Å². The van der Waals surface area contributed by atoms with E-state index in [1.54, 1.807) is 48.5 Å². The minimum absolute atomic E-state index is 0.248. The fourth-order valence-corrected chi connectivity index (χ4v) is 1.56. The largest absolute Gasteiger partial charge is 0.497 e. The number of ether oxygens (including phenoxy) is 2. The Morgan fingerprint density at radius 2 is 1.95 bits per heavy atom. The number of esters is 1. The summed E-state index contributed by atoms with van der Waals surface area (Å²) in [5.74, 6) is 0.294. The zero-order valence-electron chi connectivity index (χ0n) is 10.3. The molecule has 94 valence electrons. The van der Waals surface area contributed by atoms with E-state index in [1.165, 1.54) is 7.11 Å². The van der Waals surface area contributed by atoms with Gasteiger partial charge in [-0.1, -0.05) is 18.2 Å². The smallest absolute Gasteiger partial charge is 0.343 e. The average Bonchev–Trinajstić information content (AvgIpc) is 2.47. The van der Waals surface area contributed by atoms with Gasteiger partial charge in [0.15, 0.2) is 0 Å². The number of methoxy groups -OCH3 is 1. The van der Waals surface area contributed by atoms with Crippen LogP contribution in [-0.2, 0) is 0 Å². The Labute approximate surface area is 110 Å². The lowest BCUT2D eigenvalue weighted by atomic mass is 10.2. The van der Waals surface area contributed by atoms with Gasteiger partial charge in [0.1, 0.15) is 17.6 Å². The molecule has 0 aliphatic heterocycles. The van der Waals surface area contributed by atoms with Crippen molar-refractivity contribution in [3.8, 4) is 17.6 Å². The number of benzene rings is 2. The van der Waals surface area contributed by atoms with Crippen LogP contribution in [0.2, 0.25) is 0 Å². The van der Waals surface area contributed by atoms with Gasteiger partial charge in [0.2, 0.25) is 0 Å². The third-order valence-corrected chi connectivity index (χ3v) is 2.52. The Morgan fingerprint density at radius 3 is 2.68 bits per heavy atom. The first-order valence-corrected chi connectivity index (χ1v) is 5.60. The van der Waals surface area contributed by atoms with Crippen LogP contribution in [0.3, 0.4) is 0 Å². The maximum absolute atomic E-state index is 12.0. The molecule has 0 N–H and O–H groups in total. The monoisotopic (exact) mass is 253 g/mol. The van der Waals surface area contributed by atoms with Crippen molar-refractivity contribution in [2.24, 2.45) is 0 Å². The molecule has 2 aromatic rings. The minimum atomic E-state index is -0.526. The molecule has 0 amide bonds. The summed E-state index contributed by atoms with van der Waals surface area (Å²) in [7, 11) is 1.52. The summed E-state index contributed by atoms with van der Waals surface area (Å²) in [6.07, 6.45) is 0. The zero-order chi connectivity index (χ0) is 13.7. The van der Waals surface area contributed by atoms with Crippen LogP contribution >= 0.6 is 0 Å². The van der Waals surface area contributed by atoms with Crippen molar-refractivity contribution in [1.29, 1.82) is 5.26 Å². The molecule has 0 saturated heterocycles. The van der Waals surface area contributed by atoms with Gasteiger partial charge >= 0.3 is 5.97 Å². The molecule has 0 heterocycles. The van der Waals surface area contributed by atoms with Crippen LogP contribution in [0.1, 0.15) is 15.9 Å². The minimum Gasteiger partial charge on any atom is -0.497 e. The molecule has 2 rings (SSSR count). The molecule has 0 radical (unpaired) electrons. The second kappa shape index (κ2) is 5.69. The van der Waals surface area contributed by atoms with Gasteiger partial charge in [-0.05, 0) is 30.3 Å². The van der Waals surface area contributed by atoms with Gasteiger partial charge in [0, 0.05) is 0 Å². The SMILES string of the molecule is COc1cccc(C(=O)Oc2ccccc2C#N)c1. The van der Waals surface area contributed by atoms with Gasteiger partial charge in [-0.15, -0.1) is 0 Å². The van der Waals surface area contributed by atoms with Crippen LogP contribution in [0.15, 0.2) is 48.5 Å². The van der Waals surface area contributed by atoms with Crippen molar-refractivity contribution in [1.82, 2.24) is 0 Å². The highest BCUT2D eigenvalue weighted by Gasteiger charge is 2.11. The number of hydrogen-bond donors (Lipinski definition) is 0. The fourth-order valence-electron chi connectivity index (χ4n) is 1.56. The van der Waals surface area contributed by atoms with E-state index in [4.69, 9.17) is 14.7 Å². The lowest BCUT2D eigenvalue weighted by molar-refractivity contribution is 0.0734. The Morgan fingerprint density at radius 1 is 1.16 bits per heavy atom. The van der Waals surface area contributed by atoms with E-state index in [0.717, 1.165) is 0 Å². The van der Waals surface area contributed by atoms with E-state index >= 15 is 0 Å². The van der Waals surface area contributed by atoms with Crippen LogP contribution in [0, 0.1) is 11.3 Å². The first-order valence-electron chi connectivity index (χ1n) is 5.60. The maximum atomic E-state index is 12.0. The summed E-state index contributed by atoms with van der Waals surface area (Å²) in [5.41, 5.74) is 0.686. The second-order valence-electron chi connectivity index (χ2n) is 3.73. The Bertz CT molecular complexity index is 644. The van der Waals surface area contributed by atoms with Crippen molar-refractivity contribution in [2.45, 2.75) is 0 Å². The summed E-state index contributed by atoms with van der Waals surface area (Å²) in [5, 5.41) is 8.92. The highest BCUT2D eigenvalue weighted by atomic mass is 16.5. The third-order valence-electron chi connectivity index (χ3n) is 2.52. The number of hydrogen-bond acceptors (Lipinski definition) is 4. The molecule has 0 atom stereocenters. The van der Waals surface area contributed by atoms with Crippen LogP contribution in [-0.4, -0.2) is 13.1 Å². The molecule has 0 bridgehead atoms. The third kappa shape index (κ3) is 2.90. The first kappa shape index (κ1) is 12.7. The standard InChI is InChI=1S/C15H11NO3/c1-18-13-7-4-6-11(9-13)15(17)19-14-8-3-2-5-12(14)10-16/h2-9H,1H3. The van der Waals surface area contributed by atoms with Gasteiger partial charge in [-0.25, -0.2) is 4.79 Å². The van der Waals surface area contributed by atoms with Crippen molar-refractivity contribution < 1.29 is 14.3 Å². The van der Waals surface area contributed by atoms with Crippen LogP contribution in [0.4, 0.5) is 0 Å². The van der Waals surface area contributed by atoms with Crippen LogP contribution in [0.5, 0.6) is 11.5 Å². The first-order chi connectivity index (χ1) is 9.24. The Balaban J connectivity index is 2.23. The second-order valence-corrected chi connectivity index (χ2v) is 3.73. The lowest BCUT2D eigenvalue weighted by Crippen LogP contribution is -2.09. The van der Waals surface area contributed by atoms with E-state index in [1.807, 2.05) is 6.07 Å². The van der Waals surface area contributed by atoms with E-state index in [2.05, 4.69) is 0 Å². The molecule has 0 aliphatic rings. The maximum Gasteiger partial charge on any atom is 0.343 e. The van der Waals surface area contributed by atoms with Gasteiger partial charge in [-0.2, -0.15) is 5.26 Å². The molecule has 0 saturated carbocycles. The molecule has 0 fully saturated rings. The molecule has 0 unspecified atom stereocenters. The molecular formula is C15H11NO3. The van der Waals surface area contributed by atoms with Crippen LogP contribution < -0.4 is 9.47 Å². The predicted octanol–water partition coefficient (Wildman–Crippen LogP) is 2.79. The summed E-state index contributed by atoms with van der Waals surface area (Å²) < 4.78 is 10.2. The molecule has 0 spiro atoms. The van der Waals surface area contributed by atoms with Gasteiger partial charge in [0.05, 0.1) is 18.2 Å². The van der Waals surface area contributed by atoms with E-state index in [0.29, 0.717) is 16.9 Å². The highest BCUT2D eigenvalue weighted by Crippen LogP contribution is 2.19. The quantitative estimate of drug-likeness (QED) is 0.623. The number of carbonyl (C=O) groups excluding carboxylic acids is 1. The molecule has 19 heavy (non-hydrogen) atoms. The van der Waals surface area contributed by atoms with E-state index < -0.39 is 5.97 Å². The molecule has 0 aliphatic carbocycles. The number of nitriles is 1. The summed E-state index contributed by atoms with van der Waals surface area (Å²) in [4.78, 5) is 12.0. The van der Waals surface area contributed by atoms with Gasteiger partial charge in [0.25, 0.3) is 0 Å². The average molecular weight is 253 g/mol. The van der Waals surface area contributed by atoms with Gasteiger partial charge in [-0.3, -0.25) is 0 Å². The number of carbonyl (C=O) groups is 1. The van der Waals surface area contributed by atoms with E-state index in [9.17, 15) is 4.79 Å². The fraction of sp³-hybridized carbons (Fsp3) is 0.0667. The van der Waals surface area contributed by atoms with E-state index in [-0.39, 0.29) is 5.75 Å². The predicted molar refractivity (Wildman–Crippen MR) is 69.1 cm³/mol.